The average molecular weight is 308 g/mol. The zero-order valence-electron chi connectivity index (χ0n) is 12.9. The molecule has 116 valence electrons. The van der Waals surface area contributed by atoms with E-state index in [0.717, 1.165) is 30.2 Å². The number of aryl methyl sites for hydroxylation is 1. The molecule has 0 radical (unpaired) electrons. The molecule has 1 aromatic heterocycles. The third kappa shape index (κ3) is 2.80. The Kier molecular flexibility index (Phi) is 4.48. The van der Waals surface area contributed by atoms with Crippen LogP contribution in [0.15, 0.2) is 0 Å². The van der Waals surface area contributed by atoms with Crippen LogP contribution in [0.1, 0.15) is 62.4 Å². The Morgan fingerprint density at radius 1 is 1.38 bits per heavy atom. The van der Waals surface area contributed by atoms with Crippen molar-refractivity contribution in [1.29, 1.82) is 0 Å². The van der Waals surface area contributed by atoms with Gasteiger partial charge in [-0.3, -0.25) is 4.79 Å². The maximum atomic E-state index is 12.0. The lowest BCUT2D eigenvalue weighted by Crippen LogP contribution is -2.39. The van der Waals surface area contributed by atoms with Gasteiger partial charge in [0.25, 0.3) is 0 Å². The van der Waals surface area contributed by atoms with Crippen LogP contribution < -0.4 is 4.90 Å². The summed E-state index contributed by atoms with van der Waals surface area (Å²) >= 11 is 1.79. The molecule has 1 aliphatic heterocycles. The van der Waals surface area contributed by atoms with E-state index < -0.39 is 0 Å². The largest absolute Gasteiger partial charge is 0.465 e. The highest BCUT2D eigenvalue weighted by molar-refractivity contribution is 7.15. The van der Waals surface area contributed by atoms with Crippen molar-refractivity contribution < 1.29 is 9.53 Å². The molecule has 0 bridgehead atoms. The molecule has 2 aliphatic rings. The topological polar surface area (TPSA) is 42.4 Å². The SMILES string of the molecule is CCOC(=O)C1CCc2sc(N3CCCCC3CC)nc21. The minimum absolute atomic E-state index is 0.0983. The number of piperidine rings is 1. The number of fused-ring (bicyclic) bond motifs is 1. The van der Waals surface area contributed by atoms with Gasteiger partial charge in [0.05, 0.1) is 12.3 Å². The Morgan fingerprint density at radius 3 is 3.00 bits per heavy atom. The Labute approximate surface area is 130 Å². The molecule has 0 amide bonds. The number of carbonyl (C=O) groups is 1. The van der Waals surface area contributed by atoms with Crippen LogP contribution in [0.4, 0.5) is 5.13 Å². The Hall–Kier alpha value is -1.10. The molecule has 0 saturated carbocycles. The number of nitrogens with zero attached hydrogens (tertiary/aromatic N) is 2. The van der Waals surface area contributed by atoms with Crippen molar-refractivity contribution in [1.82, 2.24) is 4.98 Å². The maximum Gasteiger partial charge on any atom is 0.315 e. The number of carbonyl (C=O) groups excluding carboxylic acids is 1. The molecule has 2 unspecified atom stereocenters. The first-order valence-electron chi connectivity index (χ1n) is 8.17. The van der Waals surface area contributed by atoms with Crippen LogP contribution in [0, 0.1) is 0 Å². The van der Waals surface area contributed by atoms with E-state index >= 15 is 0 Å². The molecule has 1 aliphatic carbocycles. The number of ether oxygens (including phenoxy) is 1. The molecule has 0 aromatic carbocycles. The van der Waals surface area contributed by atoms with Gasteiger partial charge in [0, 0.05) is 17.5 Å². The second-order valence-corrected chi connectivity index (χ2v) is 6.96. The van der Waals surface area contributed by atoms with Gasteiger partial charge in [-0.25, -0.2) is 4.98 Å². The lowest BCUT2D eigenvalue weighted by molar-refractivity contribution is -0.145. The third-order valence-electron chi connectivity index (χ3n) is 4.62. The van der Waals surface area contributed by atoms with Crippen molar-refractivity contribution in [2.24, 2.45) is 0 Å². The summed E-state index contributed by atoms with van der Waals surface area (Å²) in [5.74, 6) is -0.228. The zero-order valence-corrected chi connectivity index (χ0v) is 13.7. The molecule has 2 heterocycles. The van der Waals surface area contributed by atoms with Crippen LogP contribution in [0.5, 0.6) is 0 Å². The fourth-order valence-corrected chi connectivity index (χ4v) is 4.72. The highest BCUT2D eigenvalue weighted by Crippen LogP contribution is 2.41. The Balaban J connectivity index is 1.81. The van der Waals surface area contributed by atoms with Crippen LogP contribution in [0.2, 0.25) is 0 Å². The number of esters is 1. The summed E-state index contributed by atoms with van der Waals surface area (Å²) in [5, 5.41) is 1.13. The lowest BCUT2D eigenvalue weighted by atomic mass is 10.0. The van der Waals surface area contributed by atoms with Crippen LogP contribution in [0.3, 0.4) is 0 Å². The predicted octanol–water partition coefficient (Wildman–Crippen LogP) is 3.50. The first kappa shape index (κ1) is 14.8. The quantitative estimate of drug-likeness (QED) is 0.798. The molecule has 1 aromatic rings. The lowest BCUT2D eigenvalue weighted by Gasteiger charge is -2.35. The first-order chi connectivity index (χ1) is 10.2. The summed E-state index contributed by atoms with van der Waals surface area (Å²) in [6.45, 7) is 5.67. The van der Waals surface area contributed by atoms with Crippen LogP contribution >= 0.6 is 11.3 Å². The molecule has 5 heteroatoms. The third-order valence-corrected chi connectivity index (χ3v) is 5.79. The molecular weight excluding hydrogens is 284 g/mol. The van der Waals surface area contributed by atoms with Crippen molar-refractivity contribution in [3.05, 3.63) is 10.6 Å². The molecule has 1 fully saturated rings. The smallest absolute Gasteiger partial charge is 0.315 e. The monoisotopic (exact) mass is 308 g/mol. The number of aromatic nitrogens is 1. The van der Waals surface area contributed by atoms with Crippen LogP contribution in [0.25, 0.3) is 0 Å². The molecule has 3 rings (SSSR count). The van der Waals surface area contributed by atoms with Gasteiger partial charge >= 0.3 is 5.97 Å². The number of thiazole rings is 1. The zero-order chi connectivity index (χ0) is 14.8. The fraction of sp³-hybridized carbons (Fsp3) is 0.750. The van der Waals surface area contributed by atoms with E-state index in [0.29, 0.717) is 12.6 Å². The minimum atomic E-state index is -0.130. The van der Waals surface area contributed by atoms with E-state index in [4.69, 9.17) is 9.72 Å². The fourth-order valence-electron chi connectivity index (χ4n) is 3.49. The van der Waals surface area contributed by atoms with E-state index in [1.54, 1.807) is 11.3 Å². The standard InChI is InChI=1S/C16H24N2O2S/c1-3-11-7-5-6-10-18(11)16-17-14-12(15(19)20-4-2)8-9-13(14)21-16/h11-12H,3-10H2,1-2H3. The van der Waals surface area contributed by atoms with Crippen molar-refractivity contribution in [2.45, 2.75) is 64.3 Å². The van der Waals surface area contributed by atoms with Gasteiger partial charge in [-0.05, 0) is 45.4 Å². The summed E-state index contributed by atoms with van der Waals surface area (Å²) in [4.78, 5) is 20.6. The van der Waals surface area contributed by atoms with Crippen molar-refractivity contribution in [3.63, 3.8) is 0 Å². The van der Waals surface area contributed by atoms with E-state index in [1.807, 2.05) is 6.92 Å². The van der Waals surface area contributed by atoms with Crippen LogP contribution in [-0.4, -0.2) is 30.1 Å². The van der Waals surface area contributed by atoms with Crippen LogP contribution in [-0.2, 0) is 16.0 Å². The number of hydrogen-bond donors (Lipinski definition) is 0. The second kappa shape index (κ2) is 6.34. The summed E-state index contributed by atoms with van der Waals surface area (Å²) in [6.07, 6.45) is 6.85. The normalized spacial score (nSPS) is 25.0. The maximum absolute atomic E-state index is 12.0. The summed E-state index contributed by atoms with van der Waals surface area (Å²) in [5.41, 5.74) is 0.994. The Morgan fingerprint density at radius 2 is 2.24 bits per heavy atom. The highest BCUT2D eigenvalue weighted by Gasteiger charge is 2.35. The van der Waals surface area contributed by atoms with Gasteiger partial charge in [-0.2, -0.15) is 0 Å². The van der Waals surface area contributed by atoms with E-state index in [9.17, 15) is 4.79 Å². The van der Waals surface area contributed by atoms with E-state index in [1.165, 1.54) is 30.6 Å². The molecule has 0 N–H and O–H groups in total. The summed E-state index contributed by atoms with van der Waals surface area (Å²) in [6, 6.07) is 0.617. The van der Waals surface area contributed by atoms with Gasteiger partial charge in [-0.1, -0.05) is 6.92 Å². The molecule has 2 atom stereocenters. The van der Waals surface area contributed by atoms with Crippen molar-refractivity contribution in [3.8, 4) is 0 Å². The van der Waals surface area contributed by atoms with Gasteiger partial charge in [-0.15, -0.1) is 11.3 Å². The van der Waals surface area contributed by atoms with E-state index in [2.05, 4.69) is 11.8 Å². The first-order valence-corrected chi connectivity index (χ1v) is 8.99. The van der Waals surface area contributed by atoms with Gasteiger partial charge in [0.2, 0.25) is 0 Å². The highest BCUT2D eigenvalue weighted by atomic mass is 32.1. The predicted molar refractivity (Wildman–Crippen MR) is 85.1 cm³/mol. The summed E-state index contributed by atoms with van der Waals surface area (Å²) < 4.78 is 5.19. The van der Waals surface area contributed by atoms with Crippen molar-refractivity contribution >= 4 is 22.4 Å². The molecular formula is C16H24N2O2S. The minimum Gasteiger partial charge on any atom is -0.465 e. The molecule has 4 nitrogen and oxygen atoms in total. The van der Waals surface area contributed by atoms with Crippen molar-refractivity contribution in [2.75, 3.05) is 18.1 Å². The molecule has 1 saturated heterocycles. The number of anilines is 1. The molecule has 0 spiro atoms. The second-order valence-electron chi connectivity index (χ2n) is 5.90. The average Bonchev–Trinajstić information content (AvgIpc) is 3.07. The van der Waals surface area contributed by atoms with Gasteiger partial charge in [0.15, 0.2) is 5.13 Å². The van der Waals surface area contributed by atoms with Gasteiger partial charge < -0.3 is 9.64 Å². The molecule has 21 heavy (non-hydrogen) atoms. The van der Waals surface area contributed by atoms with Gasteiger partial charge in [0.1, 0.15) is 5.92 Å². The van der Waals surface area contributed by atoms with E-state index in [-0.39, 0.29) is 11.9 Å². The number of hydrogen-bond acceptors (Lipinski definition) is 5. The number of rotatable bonds is 4. The summed E-state index contributed by atoms with van der Waals surface area (Å²) in [7, 11) is 0. The Bertz CT molecular complexity index is 514.